The van der Waals surface area contributed by atoms with Crippen LogP contribution in [0.3, 0.4) is 0 Å². The van der Waals surface area contributed by atoms with Gasteiger partial charge in [0.15, 0.2) is 0 Å². The zero-order valence-corrected chi connectivity index (χ0v) is 11.7. The Morgan fingerprint density at radius 2 is 2.12 bits per heavy atom. The van der Waals surface area contributed by atoms with Crippen molar-refractivity contribution in [3.05, 3.63) is 23.2 Å². The second kappa shape index (κ2) is 6.72. The topological polar surface area (TPSA) is 24.5 Å². The molecule has 0 aliphatic carbocycles. The van der Waals surface area contributed by atoms with Crippen LogP contribution in [0.1, 0.15) is 6.92 Å². The lowest BCUT2D eigenvalue weighted by atomic mass is 10.2. The van der Waals surface area contributed by atoms with E-state index in [1.807, 2.05) is 37.2 Å². The summed E-state index contributed by atoms with van der Waals surface area (Å²) in [5, 5.41) is 4.12. The lowest BCUT2D eigenvalue weighted by molar-refractivity contribution is 0.164. The van der Waals surface area contributed by atoms with Crippen molar-refractivity contribution in [3.8, 4) is 0 Å². The van der Waals surface area contributed by atoms with Gasteiger partial charge in [-0.25, -0.2) is 0 Å². The number of benzene rings is 1. The van der Waals surface area contributed by atoms with Crippen LogP contribution >= 0.6 is 11.6 Å². The van der Waals surface area contributed by atoms with Gasteiger partial charge >= 0.3 is 0 Å². The van der Waals surface area contributed by atoms with Crippen molar-refractivity contribution in [1.29, 1.82) is 0 Å². The van der Waals surface area contributed by atoms with Gasteiger partial charge in [0.2, 0.25) is 0 Å². The van der Waals surface area contributed by atoms with Gasteiger partial charge in [0.25, 0.3) is 0 Å². The molecule has 1 aromatic rings. The van der Waals surface area contributed by atoms with Crippen LogP contribution in [0.2, 0.25) is 5.02 Å². The second-order valence-electron chi connectivity index (χ2n) is 4.50. The molecule has 3 nitrogen and oxygen atoms in total. The summed E-state index contributed by atoms with van der Waals surface area (Å²) in [6.45, 7) is 3.79. The van der Waals surface area contributed by atoms with E-state index in [-0.39, 0.29) is 0 Å². The monoisotopic (exact) mass is 256 g/mol. The van der Waals surface area contributed by atoms with Gasteiger partial charge in [0.1, 0.15) is 0 Å². The molecule has 0 spiro atoms. The zero-order valence-electron chi connectivity index (χ0n) is 11.0. The Hall–Kier alpha value is -0.930. The van der Waals surface area contributed by atoms with Crippen LogP contribution < -0.4 is 10.2 Å². The quantitative estimate of drug-likeness (QED) is 0.847. The molecule has 1 unspecified atom stereocenters. The molecule has 1 N–H and O–H groups in total. The summed E-state index contributed by atoms with van der Waals surface area (Å²) in [4.78, 5) is 2.00. The highest BCUT2D eigenvalue weighted by Crippen LogP contribution is 2.27. The van der Waals surface area contributed by atoms with E-state index in [0.29, 0.717) is 5.92 Å². The fourth-order valence-electron chi connectivity index (χ4n) is 1.62. The zero-order chi connectivity index (χ0) is 12.8. The van der Waals surface area contributed by atoms with Crippen molar-refractivity contribution >= 4 is 23.0 Å². The van der Waals surface area contributed by atoms with Gasteiger partial charge in [-0.2, -0.15) is 0 Å². The van der Waals surface area contributed by atoms with Crippen LogP contribution in [0.25, 0.3) is 0 Å². The highest BCUT2D eigenvalue weighted by Gasteiger charge is 2.05. The Balaban J connectivity index is 2.58. The molecule has 0 aliphatic rings. The van der Waals surface area contributed by atoms with Crippen LogP contribution in [0.4, 0.5) is 11.4 Å². The normalized spacial score (nSPS) is 12.3. The Labute approximate surface area is 109 Å². The average Bonchev–Trinajstić information content (AvgIpc) is 2.26. The van der Waals surface area contributed by atoms with Crippen LogP contribution in [-0.2, 0) is 4.74 Å². The minimum Gasteiger partial charge on any atom is -0.385 e. The van der Waals surface area contributed by atoms with Gasteiger partial charge in [-0.1, -0.05) is 18.5 Å². The first-order chi connectivity index (χ1) is 8.04. The Bertz CT molecular complexity index is 355. The molecular weight excluding hydrogens is 236 g/mol. The predicted molar refractivity (Wildman–Crippen MR) is 75.3 cm³/mol. The minimum atomic E-state index is 0.479. The molecule has 0 aliphatic heterocycles. The Morgan fingerprint density at radius 3 is 2.65 bits per heavy atom. The molecule has 0 bridgehead atoms. The first-order valence-electron chi connectivity index (χ1n) is 5.74. The van der Waals surface area contributed by atoms with E-state index in [1.165, 1.54) is 0 Å². The fourth-order valence-corrected chi connectivity index (χ4v) is 1.96. The maximum absolute atomic E-state index is 6.19. The number of halogens is 1. The Kier molecular flexibility index (Phi) is 5.59. The van der Waals surface area contributed by atoms with E-state index in [0.717, 1.165) is 29.5 Å². The second-order valence-corrected chi connectivity index (χ2v) is 4.91. The molecule has 0 aromatic heterocycles. The molecule has 0 fully saturated rings. The summed E-state index contributed by atoms with van der Waals surface area (Å²) < 4.78 is 5.09. The molecule has 0 saturated carbocycles. The molecule has 0 saturated heterocycles. The van der Waals surface area contributed by atoms with E-state index >= 15 is 0 Å². The number of hydrogen-bond donors (Lipinski definition) is 1. The third-order valence-corrected chi connectivity index (χ3v) is 2.84. The van der Waals surface area contributed by atoms with Crippen LogP contribution in [-0.4, -0.2) is 34.4 Å². The largest absolute Gasteiger partial charge is 0.385 e. The molecule has 1 aromatic carbocycles. The number of rotatable bonds is 6. The summed E-state index contributed by atoms with van der Waals surface area (Å²) >= 11 is 6.19. The molecule has 4 heteroatoms. The van der Waals surface area contributed by atoms with Crippen molar-refractivity contribution in [2.24, 2.45) is 5.92 Å². The molecule has 0 heterocycles. The van der Waals surface area contributed by atoms with Gasteiger partial charge in [-0.05, 0) is 24.1 Å². The highest BCUT2D eigenvalue weighted by molar-refractivity contribution is 6.33. The summed E-state index contributed by atoms with van der Waals surface area (Å²) in [5.41, 5.74) is 2.07. The van der Waals surface area contributed by atoms with Crippen molar-refractivity contribution in [2.75, 3.05) is 44.6 Å². The van der Waals surface area contributed by atoms with E-state index < -0.39 is 0 Å². The lowest BCUT2D eigenvalue weighted by Crippen LogP contribution is -2.16. The van der Waals surface area contributed by atoms with Crippen LogP contribution in [0, 0.1) is 5.92 Å². The van der Waals surface area contributed by atoms with Crippen molar-refractivity contribution < 1.29 is 4.74 Å². The van der Waals surface area contributed by atoms with E-state index in [1.54, 1.807) is 7.11 Å². The first-order valence-corrected chi connectivity index (χ1v) is 6.12. The summed E-state index contributed by atoms with van der Waals surface area (Å²) in [6.07, 6.45) is 0. The molecule has 96 valence electrons. The number of ether oxygens (including phenoxy) is 1. The number of hydrogen-bond acceptors (Lipinski definition) is 3. The van der Waals surface area contributed by atoms with Gasteiger partial charge in [-0.3, -0.25) is 0 Å². The van der Waals surface area contributed by atoms with E-state index in [4.69, 9.17) is 16.3 Å². The fraction of sp³-hybridized carbons (Fsp3) is 0.538. The Morgan fingerprint density at radius 1 is 1.41 bits per heavy atom. The molecule has 0 amide bonds. The molecule has 1 atom stereocenters. The molecule has 17 heavy (non-hydrogen) atoms. The number of nitrogens with zero attached hydrogens (tertiary/aromatic N) is 1. The van der Waals surface area contributed by atoms with Gasteiger partial charge in [0.05, 0.1) is 17.3 Å². The lowest BCUT2D eigenvalue weighted by Gasteiger charge is -2.17. The van der Waals surface area contributed by atoms with Crippen molar-refractivity contribution in [2.45, 2.75) is 6.92 Å². The highest BCUT2D eigenvalue weighted by atomic mass is 35.5. The smallest absolute Gasteiger partial charge is 0.0659 e. The third kappa shape index (κ3) is 4.44. The minimum absolute atomic E-state index is 0.479. The first kappa shape index (κ1) is 14.1. The van der Waals surface area contributed by atoms with Gasteiger partial charge in [-0.15, -0.1) is 0 Å². The van der Waals surface area contributed by atoms with E-state index in [2.05, 4.69) is 12.2 Å². The average molecular weight is 257 g/mol. The summed E-state index contributed by atoms with van der Waals surface area (Å²) in [7, 11) is 5.68. The maximum Gasteiger partial charge on any atom is 0.0659 e. The molecule has 0 radical (unpaired) electrons. The van der Waals surface area contributed by atoms with Crippen molar-refractivity contribution in [3.63, 3.8) is 0 Å². The standard InChI is InChI=1S/C13H21ClN2O/c1-10(9-17-4)8-15-11-5-6-13(16(2)3)12(14)7-11/h5-7,10,15H,8-9H2,1-4H3. The SMILES string of the molecule is COCC(C)CNc1ccc(N(C)C)c(Cl)c1. The summed E-state index contributed by atoms with van der Waals surface area (Å²) in [5.74, 6) is 0.479. The van der Waals surface area contributed by atoms with Crippen LogP contribution in [0.5, 0.6) is 0 Å². The molecule has 1 rings (SSSR count). The van der Waals surface area contributed by atoms with Crippen molar-refractivity contribution in [1.82, 2.24) is 0 Å². The van der Waals surface area contributed by atoms with E-state index in [9.17, 15) is 0 Å². The number of methoxy groups -OCH3 is 1. The number of anilines is 2. The third-order valence-electron chi connectivity index (χ3n) is 2.54. The summed E-state index contributed by atoms with van der Waals surface area (Å²) in [6, 6.07) is 6.02. The predicted octanol–water partition coefficient (Wildman–Crippen LogP) is 3.10. The van der Waals surface area contributed by atoms with Crippen LogP contribution in [0.15, 0.2) is 18.2 Å². The molecular formula is C13H21ClN2O. The number of nitrogens with one attached hydrogen (secondary N) is 1. The maximum atomic E-state index is 6.19. The van der Waals surface area contributed by atoms with Gasteiger partial charge in [0, 0.05) is 33.4 Å². The van der Waals surface area contributed by atoms with Gasteiger partial charge < -0.3 is 15.0 Å².